The second kappa shape index (κ2) is 9.37. The quantitative estimate of drug-likeness (QED) is 0.323. The van der Waals surface area contributed by atoms with E-state index in [1.807, 2.05) is 6.07 Å². The fraction of sp³-hybridized carbons (Fsp3) is 0.217. The number of rotatable bonds is 6. The molecular weight excluding hydrogens is 440 g/mol. The van der Waals surface area contributed by atoms with E-state index in [9.17, 15) is 13.2 Å². The molecule has 0 unspecified atom stereocenters. The zero-order valence-electron chi connectivity index (χ0n) is 17.8. The molecule has 0 saturated carbocycles. The summed E-state index contributed by atoms with van der Waals surface area (Å²) in [5.74, 6) is 0.943. The van der Waals surface area contributed by atoms with E-state index >= 15 is 0 Å². The molecule has 2 aromatic carbocycles. The highest BCUT2D eigenvalue weighted by Gasteiger charge is 2.25. The van der Waals surface area contributed by atoms with E-state index in [0.29, 0.717) is 46.9 Å². The minimum atomic E-state index is -2.98. The number of nitrogens with two attached hydrogens (primary N) is 1. The molecule has 1 saturated heterocycles. The molecule has 2 heterocycles. The number of benzene rings is 2. The van der Waals surface area contributed by atoms with Crippen LogP contribution in [0.4, 0.5) is 17.2 Å². The van der Waals surface area contributed by atoms with Gasteiger partial charge in [-0.25, -0.2) is 18.4 Å². The molecule has 1 fully saturated rings. The molecule has 0 radical (unpaired) electrons. The summed E-state index contributed by atoms with van der Waals surface area (Å²) >= 11 is 0. The van der Waals surface area contributed by atoms with Gasteiger partial charge in [-0.05, 0) is 49.2 Å². The maximum absolute atomic E-state index is 12.7. The minimum absolute atomic E-state index is 0.0982. The Morgan fingerprint density at radius 3 is 2.67 bits per heavy atom. The summed E-state index contributed by atoms with van der Waals surface area (Å²) in [6, 6.07) is 13.8. The van der Waals surface area contributed by atoms with Crippen molar-refractivity contribution in [1.29, 1.82) is 5.41 Å². The fourth-order valence-corrected chi connectivity index (χ4v) is 5.09. The van der Waals surface area contributed by atoms with E-state index in [4.69, 9.17) is 11.1 Å². The number of nitrogens with zero attached hydrogens (tertiary/aromatic N) is 2. The Morgan fingerprint density at radius 2 is 1.91 bits per heavy atom. The monoisotopic (exact) mass is 464 g/mol. The molecule has 4 rings (SSSR count). The van der Waals surface area contributed by atoms with Gasteiger partial charge in [0, 0.05) is 46.5 Å². The molecule has 1 aromatic heterocycles. The largest absolute Gasteiger partial charge is 0.398 e. The summed E-state index contributed by atoms with van der Waals surface area (Å²) in [5, 5.41) is 13.5. The van der Waals surface area contributed by atoms with Crippen molar-refractivity contribution in [3.63, 3.8) is 0 Å². The second-order valence-corrected chi connectivity index (χ2v) is 10.2. The Labute approximate surface area is 191 Å². The van der Waals surface area contributed by atoms with Crippen LogP contribution in [0.1, 0.15) is 28.8 Å². The lowest BCUT2D eigenvalue weighted by Crippen LogP contribution is -2.40. The van der Waals surface area contributed by atoms with E-state index in [2.05, 4.69) is 20.6 Å². The molecule has 3 aromatic rings. The van der Waals surface area contributed by atoms with E-state index in [-0.39, 0.29) is 23.5 Å². The van der Waals surface area contributed by atoms with Crippen LogP contribution < -0.4 is 16.4 Å². The molecule has 0 atom stereocenters. The number of amides is 1. The standard InChI is InChI=1S/C23H24N6O3S/c24-14-17-13-19(4-5-20(17)25)27-21-6-9-26-22(29-21)15-2-1-3-16(12-15)23(30)28-18-7-10-33(31,32)11-8-18/h1-6,9,12-14,18,24H,7-8,10-11,25H2,(H,28,30)(H,26,27,29). The maximum atomic E-state index is 12.7. The maximum Gasteiger partial charge on any atom is 0.251 e. The Hall–Kier alpha value is -3.79. The van der Waals surface area contributed by atoms with Crippen molar-refractivity contribution in [3.05, 3.63) is 65.9 Å². The predicted molar refractivity (Wildman–Crippen MR) is 129 cm³/mol. The summed E-state index contributed by atoms with van der Waals surface area (Å²) in [6.45, 7) is 0. The van der Waals surface area contributed by atoms with Gasteiger partial charge in [0.25, 0.3) is 5.91 Å². The number of nitrogen functional groups attached to an aromatic ring is 1. The molecule has 170 valence electrons. The summed E-state index contributed by atoms with van der Waals surface area (Å²) in [7, 11) is -2.98. The molecule has 0 aliphatic carbocycles. The number of hydrogen-bond donors (Lipinski definition) is 4. The number of carbonyl (C=O) groups is 1. The van der Waals surface area contributed by atoms with Gasteiger partial charge in [-0.3, -0.25) is 4.79 Å². The van der Waals surface area contributed by atoms with Crippen LogP contribution in [0.5, 0.6) is 0 Å². The third kappa shape index (κ3) is 5.53. The summed E-state index contributed by atoms with van der Waals surface area (Å²) < 4.78 is 23.2. The number of nitrogens with one attached hydrogen (secondary N) is 3. The Bertz CT molecular complexity index is 1300. The van der Waals surface area contributed by atoms with Crippen molar-refractivity contribution in [2.24, 2.45) is 0 Å². The van der Waals surface area contributed by atoms with Crippen LogP contribution >= 0.6 is 0 Å². The normalized spacial score (nSPS) is 15.5. The molecular formula is C23H24N6O3S. The van der Waals surface area contributed by atoms with Crippen molar-refractivity contribution in [3.8, 4) is 11.4 Å². The third-order valence-corrected chi connectivity index (χ3v) is 7.16. The van der Waals surface area contributed by atoms with Crippen molar-refractivity contribution in [1.82, 2.24) is 15.3 Å². The molecule has 9 nitrogen and oxygen atoms in total. The highest BCUT2D eigenvalue weighted by atomic mass is 32.2. The lowest BCUT2D eigenvalue weighted by Gasteiger charge is -2.23. The van der Waals surface area contributed by atoms with Crippen LogP contribution in [-0.4, -0.2) is 48.1 Å². The highest BCUT2D eigenvalue weighted by Crippen LogP contribution is 2.22. The summed E-state index contributed by atoms with van der Waals surface area (Å²) in [4.78, 5) is 21.6. The van der Waals surface area contributed by atoms with Crippen LogP contribution in [0, 0.1) is 5.41 Å². The first-order valence-electron chi connectivity index (χ1n) is 10.4. The number of anilines is 3. The number of aromatic nitrogens is 2. The lowest BCUT2D eigenvalue weighted by molar-refractivity contribution is 0.0934. The van der Waals surface area contributed by atoms with Crippen LogP contribution in [0.25, 0.3) is 11.4 Å². The molecule has 1 aliphatic rings. The predicted octanol–water partition coefficient (Wildman–Crippen LogP) is 2.77. The summed E-state index contributed by atoms with van der Waals surface area (Å²) in [5.41, 5.74) is 8.82. The topological polar surface area (TPSA) is 151 Å². The number of carbonyl (C=O) groups excluding carboxylic acids is 1. The smallest absolute Gasteiger partial charge is 0.251 e. The first-order valence-corrected chi connectivity index (χ1v) is 12.3. The van der Waals surface area contributed by atoms with Gasteiger partial charge in [-0.2, -0.15) is 0 Å². The SMILES string of the molecule is N=Cc1cc(Nc2ccnc(-c3cccc(C(=O)NC4CCS(=O)(=O)CC4)c3)n2)ccc1N. The van der Waals surface area contributed by atoms with E-state index in [1.54, 1.807) is 48.7 Å². The molecule has 0 spiro atoms. The van der Waals surface area contributed by atoms with Gasteiger partial charge < -0.3 is 21.8 Å². The molecule has 1 amide bonds. The van der Waals surface area contributed by atoms with Crippen molar-refractivity contribution in [2.45, 2.75) is 18.9 Å². The Balaban J connectivity index is 1.49. The number of sulfone groups is 1. The Kier molecular flexibility index (Phi) is 6.36. The number of hydrogen-bond acceptors (Lipinski definition) is 8. The molecule has 0 bridgehead atoms. The van der Waals surface area contributed by atoms with Gasteiger partial charge in [0.15, 0.2) is 5.82 Å². The molecule has 1 aliphatic heterocycles. The molecule has 10 heteroatoms. The molecule has 5 N–H and O–H groups in total. The fourth-order valence-electron chi connectivity index (χ4n) is 3.60. The van der Waals surface area contributed by atoms with Gasteiger partial charge in [-0.1, -0.05) is 12.1 Å². The zero-order chi connectivity index (χ0) is 23.4. The van der Waals surface area contributed by atoms with Gasteiger partial charge in [0.1, 0.15) is 15.7 Å². The highest BCUT2D eigenvalue weighted by molar-refractivity contribution is 7.91. The van der Waals surface area contributed by atoms with Crippen LogP contribution in [0.3, 0.4) is 0 Å². The van der Waals surface area contributed by atoms with Gasteiger partial charge in [-0.15, -0.1) is 0 Å². The van der Waals surface area contributed by atoms with Crippen molar-refractivity contribution >= 4 is 39.2 Å². The van der Waals surface area contributed by atoms with Gasteiger partial charge in [0.05, 0.1) is 11.5 Å². The van der Waals surface area contributed by atoms with E-state index in [0.717, 1.165) is 5.69 Å². The van der Waals surface area contributed by atoms with E-state index in [1.165, 1.54) is 6.21 Å². The third-order valence-electron chi connectivity index (χ3n) is 5.44. The van der Waals surface area contributed by atoms with Crippen LogP contribution in [-0.2, 0) is 9.84 Å². The Morgan fingerprint density at radius 1 is 1.12 bits per heavy atom. The minimum Gasteiger partial charge on any atom is -0.398 e. The van der Waals surface area contributed by atoms with Crippen molar-refractivity contribution in [2.75, 3.05) is 22.6 Å². The average molecular weight is 465 g/mol. The lowest BCUT2D eigenvalue weighted by atomic mass is 10.1. The first kappa shape index (κ1) is 22.4. The average Bonchev–Trinajstić information content (AvgIpc) is 2.82. The second-order valence-electron chi connectivity index (χ2n) is 7.86. The molecule has 33 heavy (non-hydrogen) atoms. The first-order chi connectivity index (χ1) is 15.8. The zero-order valence-corrected chi connectivity index (χ0v) is 18.6. The summed E-state index contributed by atoms with van der Waals surface area (Å²) in [6.07, 6.45) is 3.66. The van der Waals surface area contributed by atoms with Crippen LogP contribution in [0.15, 0.2) is 54.7 Å². The van der Waals surface area contributed by atoms with Gasteiger partial charge in [0.2, 0.25) is 0 Å². The van der Waals surface area contributed by atoms with Crippen molar-refractivity contribution < 1.29 is 13.2 Å². The van der Waals surface area contributed by atoms with E-state index < -0.39 is 9.84 Å². The van der Waals surface area contributed by atoms with Gasteiger partial charge >= 0.3 is 0 Å². The van der Waals surface area contributed by atoms with Crippen LogP contribution in [0.2, 0.25) is 0 Å².